The van der Waals surface area contributed by atoms with Crippen LogP contribution in [0.2, 0.25) is 0 Å². The number of nitrogens with one attached hydrogen (secondary N) is 1. The molecular formula is C22H17F6N3O4S. The van der Waals surface area contributed by atoms with Crippen molar-refractivity contribution in [2.24, 2.45) is 0 Å². The summed E-state index contributed by atoms with van der Waals surface area (Å²) in [6, 6.07) is 5.72. The quantitative estimate of drug-likeness (QED) is 0.403. The number of benzene rings is 1. The molecule has 2 aromatic heterocycles. The van der Waals surface area contributed by atoms with Crippen molar-refractivity contribution in [3.05, 3.63) is 65.5 Å². The van der Waals surface area contributed by atoms with Crippen LogP contribution in [0.3, 0.4) is 0 Å². The van der Waals surface area contributed by atoms with Crippen LogP contribution in [0.15, 0.2) is 58.6 Å². The van der Waals surface area contributed by atoms with E-state index >= 15 is 0 Å². The lowest BCUT2D eigenvalue weighted by Gasteiger charge is -2.16. The number of anilines is 1. The summed E-state index contributed by atoms with van der Waals surface area (Å²) in [5.74, 6) is -1.22. The highest BCUT2D eigenvalue weighted by atomic mass is 32.2. The number of pyridine rings is 2. The third-order valence-corrected chi connectivity index (χ3v) is 6.40. The molecule has 0 fully saturated rings. The summed E-state index contributed by atoms with van der Waals surface area (Å²) < 4.78 is 110. The molecule has 0 spiro atoms. The lowest BCUT2D eigenvalue weighted by molar-refractivity contribution is -0.141. The number of rotatable bonds is 6. The number of hydrogen-bond donors (Lipinski definition) is 1. The average Bonchev–Trinajstić information content (AvgIpc) is 2.79. The maximum absolute atomic E-state index is 13.3. The molecule has 3 rings (SSSR count). The van der Waals surface area contributed by atoms with E-state index < -0.39 is 55.2 Å². The van der Waals surface area contributed by atoms with Crippen molar-refractivity contribution in [2.75, 3.05) is 5.32 Å². The normalized spacial score (nSPS) is 12.3. The molecular weight excluding hydrogens is 516 g/mol. The summed E-state index contributed by atoms with van der Waals surface area (Å²) in [5, 5.41) is 1.56. The summed E-state index contributed by atoms with van der Waals surface area (Å²) in [6.07, 6.45) is -8.82. The standard InChI is InChI=1S/C22H17F6N3O4S/c1-3-17(32)30-19-12(2)9-18(35-14-7-8-16(29-11-14)22(26,27)28)31-20(19)36(33,34)15-6-4-5-13(10-15)21(23,24)25/h4-11H,3H2,1-2H3,(H,30,32). The average molecular weight is 533 g/mol. The second kappa shape index (κ2) is 9.76. The molecule has 1 amide bonds. The van der Waals surface area contributed by atoms with Gasteiger partial charge in [0.25, 0.3) is 0 Å². The van der Waals surface area contributed by atoms with E-state index in [1.807, 2.05) is 0 Å². The van der Waals surface area contributed by atoms with Gasteiger partial charge >= 0.3 is 12.4 Å². The van der Waals surface area contributed by atoms with E-state index in [4.69, 9.17) is 4.74 Å². The van der Waals surface area contributed by atoms with Crippen molar-refractivity contribution in [1.29, 1.82) is 0 Å². The van der Waals surface area contributed by atoms with Gasteiger partial charge in [-0.2, -0.15) is 31.3 Å². The van der Waals surface area contributed by atoms with Gasteiger partial charge in [0.05, 0.1) is 22.3 Å². The van der Waals surface area contributed by atoms with Crippen LogP contribution in [-0.2, 0) is 27.0 Å². The van der Waals surface area contributed by atoms with Crippen molar-refractivity contribution in [2.45, 2.75) is 42.5 Å². The van der Waals surface area contributed by atoms with Crippen LogP contribution in [0.5, 0.6) is 11.6 Å². The minimum atomic E-state index is -4.82. The third-order valence-electron chi connectivity index (χ3n) is 4.72. The molecule has 1 aromatic carbocycles. The Morgan fingerprint density at radius 3 is 2.28 bits per heavy atom. The smallest absolute Gasteiger partial charge is 0.433 e. The summed E-state index contributed by atoms with van der Waals surface area (Å²) in [5.41, 5.74) is -2.57. The van der Waals surface area contributed by atoms with Gasteiger partial charge in [0.15, 0.2) is 5.03 Å². The SMILES string of the molecule is CCC(=O)Nc1c(C)cc(Oc2ccc(C(F)(F)F)nc2)nc1S(=O)(=O)c1cccc(C(F)(F)F)c1. The number of ether oxygens (including phenoxy) is 1. The molecule has 0 unspecified atom stereocenters. The fourth-order valence-electron chi connectivity index (χ4n) is 2.92. The predicted octanol–water partition coefficient (Wildman–Crippen LogP) is 5.80. The number of halogens is 6. The summed E-state index contributed by atoms with van der Waals surface area (Å²) >= 11 is 0. The Kier molecular flexibility index (Phi) is 7.30. The lowest BCUT2D eigenvalue weighted by Crippen LogP contribution is -2.17. The molecule has 14 heteroatoms. The summed E-state index contributed by atoms with van der Waals surface area (Å²) in [4.78, 5) is 18.4. The molecule has 7 nitrogen and oxygen atoms in total. The Morgan fingerprint density at radius 1 is 1.03 bits per heavy atom. The fourth-order valence-corrected chi connectivity index (χ4v) is 4.38. The van der Waals surface area contributed by atoms with E-state index in [0.29, 0.717) is 18.2 Å². The first kappa shape index (κ1) is 26.9. The highest BCUT2D eigenvalue weighted by Crippen LogP contribution is 2.36. The van der Waals surface area contributed by atoms with E-state index in [1.54, 1.807) is 0 Å². The van der Waals surface area contributed by atoms with E-state index in [0.717, 1.165) is 24.4 Å². The Labute approximate surface area is 201 Å². The number of aromatic nitrogens is 2. The minimum absolute atomic E-state index is 0.0437. The first-order chi connectivity index (χ1) is 16.6. The predicted molar refractivity (Wildman–Crippen MR) is 114 cm³/mol. The highest BCUT2D eigenvalue weighted by molar-refractivity contribution is 7.91. The molecule has 0 radical (unpaired) electrons. The van der Waals surface area contributed by atoms with Gasteiger partial charge in [-0.15, -0.1) is 0 Å². The van der Waals surface area contributed by atoms with Gasteiger partial charge < -0.3 is 10.1 Å². The Bertz CT molecular complexity index is 1390. The maximum atomic E-state index is 13.3. The number of alkyl halides is 6. The van der Waals surface area contributed by atoms with Crippen molar-refractivity contribution < 1.29 is 44.3 Å². The van der Waals surface area contributed by atoms with Crippen molar-refractivity contribution >= 4 is 21.4 Å². The molecule has 0 bridgehead atoms. The van der Waals surface area contributed by atoms with Crippen molar-refractivity contribution in [3.63, 3.8) is 0 Å². The molecule has 192 valence electrons. The van der Waals surface area contributed by atoms with Crippen LogP contribution in [-0.4, -0.2) is 24.3 Å². The molecule has 0 aliphatic heterocycles. The zero-order valence-corrected chi connectivity index (χ0v) is 19.3. The second-order valence-electron chi connectivity index (χ2n) is 7.37. The van der Waals surface area contributed by atoms with Crippen LogP contribution in [0.25, 0.3) is 0 Å². The van der Waals surface area contributed by atoms with Gasteiger partial charge in [0, 0.05) is 12.5 Å². The van der Waals surface area contributed by atoms with Crippen LogP contribution in [0.1, 0.15) is 30.2 Å². The van der Waals surface area contributed by atoms with Crippen LogP contribution >= 0.6 is 0 Å². The molecule has 0 aliphatic rings. The number of sulfone groups is 1. The first-order valence-corrected chi connectivity index (χ1v) is 11.6. The maximum Gasteiger partial charge on any atom is 0.433 e. The van der Waals surface area contributed by atoms with E-state index in [1.165, 1.54) is 19.9 Å². The van der Waals surface area contributed by atoms with Gasteiger partial charge in [0.2, 0.25) is 21.6 Å². The van der Waals surface area contributed by atoms with Crippen LogP contribution < -0.4 is 10.1 Å². The van der Waals surface area contributed by atoms with E-state index in [2.05, 4.69) is 15.3 Å². The monoisotopic (exact) mass is 533 g/mol. The Balaban J connectivity index is 2.12. The zero-order chi connectivity index (χ0) is 26.9. The summed E-state index contributed by atoms with van der Waals surface area (Å²) in [7, 11) is -4.74. The molecule has 36 heavy (non-hydrogen) atoms. The number of carbonyl (C=O) groups excluding carboxylic acids is 1. The lowest BCUT2D eigenvalue weighted by atomic mass is 10.2. The topological polar surface area (TPSA) is 98.2 Å². The molecule has 0 atom stereocenters. The Hall–Kier alpha value is -3.68. The van der Waals surface area contributed by atoms with Gasteiger partial charge in [-0.05, 0) is 42.8 Å². The number of nitrogens with zero attached hydrogens (tertiary/aromatic N) is 2. The number of carbonyl (C=O) groups is 1. The minimum Gasteiger partial charge on any atom is -0.437 e. The number of amides is 1. The van der Waals surface area contributed by atoms with E-state index in [9.17, 15) is 39.6 Å². The number of aryl methyl sites for hydroxylation is 1. The van der Waals surface area contributed by atoms with Gasteiger partial charge in [0.1, 0.15) is 11.4 Å². The third kappa shape index (κ3) is 5.93. The fraction of sp³-hybridized carbons (Fsp3) is 0.227. The Morgan fingerprint density at radius 2 is 1.72 bits per heavy atom. The van der Waals surface area contributed by atoms with Crippen molar-refractivity contribution in [1.82, 2.24) is 9.97 Å². The molecule has 3 aromatic rings. The first-order valence-electron chi connectivity index (χ1n) is 10.1. The molecule has 2 heterocycles. The van der Waals surface area contributed by atoms with Crippen molar-refractivity contribution in [3.8, 4) is 11.6 Å². The van der Waals surface area contributed by atoms with Crippen LogP contribution in [0.4, 0.5) is 32.0 Å². The largest absolute Gasteiger partial charge is 0.437 e. The molecule has 0 aliphatic carbocycles. The number of hydrogen-bond acceptors (Lipinski definition) is 6. The van der Waals surface area contributed by atoms with Crippen LogP contribution in [0, 0.1) is 6.92 Å². The molecule has 0 saturated carbocycles. The van der Waals surface area contributed by atoms with Gasteiger partial charge in [-0.1, -0.05) is 13.0 Å². The van der Waals surface area contributed by atoms with E-state index in [-0.39, 0.29) is 23.4 Å². The molecule has 0 saturated heterocycles. The molecule has 1 N–H and O–H groups in total. The van der Waals surface area contributed by atoms with Gasteiger partial charge in [-0.25, -0.2) is 13.4 Å². The highest BCUT2D eigenvalue weighted by Gasteiger charge is 2.34. The summed E-state index contributed by atoms with van der Waals surface area (Å²) in [6.45, 7) is 2.88. The zero-order valence-electron chi connectivity index (χ0n) is 18.5. The second-order valence-corrected chi connectivity index (χ2v) is 9.23. The van der Waals surface area contributed by atoms with Gasteiger partial charge in [-0.3, -0.25) is 4.79 Å².